The number of thiophene rings is 1. The smallest absolute Gasteiger partial charge is 0.261 e. The Morgan fingerprint density at radius 2 is 2.05 bits per heavy atom. The lowest BCUT2D eigenvalue weighted by Crippen LogP contribution is -2.26. The molecule has 4 nitrogen and oxygen atoms in total. The van der Waals surface area contributed by atoms with Gasteiger partial charge in [-0.3, -0.25) is 4.79 Å². The molecule has 1 aromatic carbocycles. The fraction of sp³-hybridized carbons (Fsp3) is 0.353. The average Bonchev–Trinajstić information content (AvgIpc) is 2.98. The minimum Gasteiger partial charge on any atom is -0.489 e. The van der Waals surface area contributed by atoms with E-state index in [0.717, 1.165) is 11.3 Å². The first kappa shape index (κ1) is 16.5. The van der Waals surface area contributed by atoms with Gasteiger partial charge in [0.15, 0.2) is 0 Å². The molecular weight excluding hydrogens is 298 g/mol. The molecule has 0 aliphatic heterocycles. The molecule has 0 aliphatic rings. The fourth-order valence-electron chi connectivity index (χ4n) is 1.89. The number of carbonyl (C=O) groups is 1. The number of aryl methyl sites for hydroxylation is 2. The van der Waals surface area contributed by atoms with Crippen molar-refractivity contribution in [3.8, 4) is 5.75 Å². The Morgan fingerprint density at radius 1 is 1.23 bits per heavy atom. The maximum Gasteiger partial charge on any atom is 0.261 e. The second kappa shape index (κ2) is 7.96. The first-order valence-electron chi connectivity index (χ1n) is 7.14. The normalized spacial score (nSPS) is 10.5. The molecule has 5 heteroatoms. The van der Waals surface area contributed by atoms with Crippen LogP contribution in [0.4, 0.5) is 0 Å². The molecule has 1 amide bonds. The summed E-state index contributed by atoms with van der Waals surface area (Å²) in [4.78, 5) is 12.6. The summed E-state index contributed by atoms with van der Waals surface area (Å²) >= 11 is 1.42. The van der Waals surface area contributed by atoms with Gasteiger partial charge in [0.1, 0.15) is 12.4 Å². The van der Waals surface area contributed by atoms with Crippen LogP contribution in [0.2, 0.25) is 0 Å². The highest BCUT2D eigenvalue weighted by Crippen LogP contribution is 2.20. The van der Waals surface area contributed by atoms with E-state index < -0.39 is 0 Å². The molecule has 1 N–H and O–H groups in total. The minimum atomic E-state index is -0.0699. The van der Waals surface area contributed by atoms with Crippen molar-refractivity contribution in [2.45, 2.75) is 20.5 Å². The van der Waals surface area contributed by atoms with Crippen molar-refractivity contribution in [2.24, 2.45) is 0 Å². The van der Waals surface area contributed by atoms with Crippen LogP contribution in [0.3, 0.4) is 0 Å². The number of hydrogen-bond donors (Lipinski definition) is 1. The van der Waals surface area contributed by atoms with Crippen molar-refractivity contribution in [3.63, 3.8) is 0 Å². The van der Waals surface area contributed by atoms with E-state index >= 15 is 0 Å². The topological polar surface area (TPSA) is 47.6 Å². The number of methoxy groups -OCH3 is 1. The molecule has 2 aromatic rings. The van der Waals surface area contributed by atoms with Gasteiger partial charge in [-0.05, 0) is 48.6 Å². The maximum atomic E-state index is 11.9. The summed E-state index contributed by atoms with van der Waals surface area (Å²) in [6.45, 7) is 5.63. The van der Waals surface area contributed by atoms with Crippen molar-refractivity contribution in [3.05, 3.63) is 51.2 Å². The van der Waals surface area contributed by atoms with Crippen molar-refractivity contribution in [2.75, 3.05) is 20.3 Å². The number of carbonyl (C=O) groups excluding carboxylic acids is 1. The Labute approximate surface area is 135 Å². The van der Waals surface area contributed by atoms with Crippen LogP contribution in [0.25, 0.3) is 0 Å². The summed E-state index contributed by atoms with van der Waals surface area (Å²) in [6, 6.07) is 7.91. The second-order valence-corrected chi connectivity index (χ2v) is 6.01. The van der Waals surface area contributed by atoms with E-state index in [1.807, 2.05) is 29.6 Å². The van der Waals surface area contributed by atoms with Crippen molar-refractivity contribution >= 4 is 17.2 Å². The third-order valence-corrected chi connectivity index (χ3v) is 4.33. The summed E-state index contributed by atoms with van der Waals surface area (Å²) in [5.41, 5.74) is 3.46. The van der Waals surface area contributed by atoms with E-state index in [9.17, 15) is 4.79 Å². The summed E-state index contributed by atoms with van der Waals surface area (Å²) in [5, 5.41) is 4.76. The van der Waals surface area contributed by atoms with Crippen molar-refractivity contribution in [1.29, 1.82) is 0 Å². The van der Waals surface area contributed by atoms with Crippen LogP contribution in [-0.2, 0) is 11.3 Å². The van der Waals surface area contributed by atoms with Crippen LogP contribution < -0.4 is 10.1 Å². The zero-order valence-electron chi connectivity index (χ0n) is 13.1. The maximum absolute atomic E-state index is 11.9. The van der Waals surface area contributed by atoms with Gasteiger partial charge in [0.05, 0.1) is 11.5 Å². The Bertz CT molecular complexity index is 637. The number of rotatable bonds is 7. The SMILES string of the molecule is COCCNC(=O)c1cc(COc2ccc(C)c(C)c2)cs1. The van der Waals surface area contributed by atoms with E-state index in [1.54, 1.807) is 7.11 Å². The Morgan fingerprint density at radius 3 is 2.77 bits per heavy atom. The number of nitrogens with one attached hydrogen (secondary N) is 1. The highest BCUT2D eigenvalue weighted by atomic mass is 32.1. The number of amides is 1. The standard InChI is InChI=1S/C17H21NO3S/c1-12-4-5-15(8-13(12)2)21-10-14-9-16(22-11-14)17(19)18-6-7-20-3/h4-5,8-9,11H,6-7,10H2,1-3H3,(H,18,19). The first-order valence-corrected chi connectivity index (χ1v) is 8.02. The molecule has 0 saturated heterocycles. The predicted octanol–water partition coefficient (Wildman–Crippen LogP) is 3.32. The molecular formula is C17H21NO3S. The van der Waals surface area contributed by atoms with Crippen molar-refractivity contribution in [1.82, 2.24) is 5.32 Å². The van der Waals surface area contributed by atoms with Crippen LogP contribution in [0.15, 0.2) is 29.6 Å². The molecule has 0 atom stereocenters. The summed E-state index contributed by atoms with van der Waals surface area (Å²) in [6.07, 6.45) is 0. The second-order valence-electron chi connectivity index (χ2n) is 5.10. The highest BCUT2D eigenvalue weighted by Gasteiger charge is 2.09. The summed E-state index contributed by atoms with van der Waals surface area (Å²) in [5.74, 6) is 0.778. The lowest BCUT2D eigenvalue weighted by atomic mass is 10.1. The van der Waals surface area contributed by atoms with Crippen LogP contribution in [0, 0.1) is 13.8 Å². The van der Waals surface area contributed by atoms with Gasteiger partial charge >= 0.3 is 0 Å². The highest BCUT2D eigenvalue weighted by molar-refractivity contribution is 7.12. The zero-order chi connectivity index (χ0) is 15.9. The fourth-order valence-corrected chi connectivity index (χ4v) is 2.71. The first-order chi connectivity index (χ1) is 10.6. The molecule has 1 aromatic heterocycles. The van der Waals surface area contributed by atoms with E-state index in [-0.39, 0.29) is 5.91 Å². The molecule has 0 spiro atoms. The third kappa shape index (κ3) is 4.58. The molecule has 0 fully saturated rings. The molecule has 0 aliphatic carbocycles. The summed E-state index contributed by atoms with van der Waals surface area (Å²) in [7, 11) is 1.61. The summed E-state index contributed by atoms with van der Waals surface area (Å²) < 4.78 is 10.7. The van der Waals surface area contributed by atoms with E-state index in [2.05, 4.69) is 19.2 Å². The third-order valence-electron chi connectivity index (χ3n) is 3.35. The minimum absolute atomic E-state index is 0.0699. The molecule has 2 rings (SSSR count). The largest absolute Gasteiger partial charge is 0.489 e. The lowest BCUT2D eigenvalue weighted by Gasteiger charge is -2.07. The van der Waals surface area contributed by atoms with Gasteiger partial charge < -0.3 is 14.8 Å². The van der Waals surface area contributed by atoms with Gasteiger partial charge in [-0.25, -0.2) is 0 Å². The number of ether oxygens (including phenoxy) is 2. The van der Waals surface area contributed by atoms with Crippen LogP contribution in [-0.4, -0.2) is 26.2 Å². The van der Waals surface area contributed by atoms with Crippen LogP contribution in [0.1, 0.15) is 26.4 Å². The molecule has 0 radical (unpaired) electrons. The van der Waals surface area contributed by atoms with E-state index in [4.69, 9.17) is 9.47 Å². The monoisotopic (exact) mass is 319 g/mol. The van der Waals surface area contributed by atoms with Gasteiger partial charge in [-0.2, -0.15) is 0 Å². The molecule has 1 heterocycles. The number of benzene rings is 1. The Kier molecular flexibility index (Phi) is 5.98. The van der Waals surface area contributed by atoms with Gasteiger partial charge in [-0.1, -0.05) is 6.07 Å². The van der Waals surface area contributed by atoms with Crippen molar-refractivity contribution < 1.29 is 14.3 Å². The molecule has 0 unspecified atom stereocenters. The quantitative estimate of drug-likeness (QED) is 0.796. The van der Waals surface area contributed by atoms with E-state index in [0.29, 0.717) is 24.6 Å². The Hall–Kier alpha value is -1.85. The average molecular weight is 319 g/mol. The molecule has 0 saturated carbocycles. The zero-order valence-corrected chi connectivity index (χ0v) is 14.0. The van der Waals surface area contributed by atoms with E-state index in [1.165, 1.54) is 22.5 Å². The van der Waals surface area contributed by atoms with Gasteiger partial charge in [0.25, 0.3) is 5.91 Å². The van der Waals surface area contributed by atoms with Gasteiger partial charge in [0.2, 0.25) is 0 Å². The molecule has 118 valence electrons. The molecule has 22 heavy (non-hydrogen) atoms. The number of hydrogen-bond acceptors (Lipinski definition) is 4. The van der Waals surface area contributed by atoms with Crippen LogP contribution in [0.5, 0.6) is 5.75 Å². The lowest BCUT2D eigenvalue weighted by molar-refractivity contribution is 0.0941. The Balaban J connectivity index is 1.88. The predicted molar refractivity (Wildman–Crippen MR) is 88.8 cm³/mol. The van der Waals surface area contributed by atoms with Crippen LogP contribution >= 0.6 is 11.3 Å². The van der Waals surface area contributed by atoms with Gasteiger partial charge in [-0.15, -0.1) is 11.3 Å². The molecule has 0 bridgehead atoms. The van der Waals surface area contributed by atoms with Gasteiger partial charge in [0, 0.05) is 19.2 Å².